The lowest BCUT2D eigenvalue weighted by Crippen LogP contribution is -2.17. The molecule has 2 rings (SSSR count). The Hall–Kier alpha value is -0.380. The van der Waals surface area contributed by atoms with Crippen LogP contribution < -0.4 is 0 Å². The van der Waals surface area contributed by atoms with Gasteiger partial charge < -0.3 is 15.3 Å². The van der Waals surface area contributed by atoms with Crippen molar-refractivity contribution in [2.75, 3.05) is 0 Å². The molecule has 4 atom stereocenters. The van der Waals surface area contributed by atoms with E-state index in [0.717, 1.165) is 32.1 Å². The van der Waals surface area contributed by atoms with E-state index in [1.54, 1.807) is 0 Å². The standard InChI is InChI=1S/C15H26O3/c1-3-13(16)6-10-4-12-5-11(7-14(17)18)9-15(12,2)8-10/h4,10-11,13-14,16-18H,3,5-9H2,1-2H3. The first kappa shape index (κ1) is 14.0. The molecule has 104 valence electrons. The fourth-order valence-electron chi connectivity index (χ4n) is 3.94. The number of fused-ring (bicyclic) bond motifs is 1. The molecule has 0 bridgehead atoms. The van der Waals surface area contributed by atoms with E-state index in [-0.39, 0.29) is 11.5 Å². The van der Waals surface area contributed by atoms with Crippen LogP contribution in [0.25, 0.3) is 0 Å². The molecule has 0 radical (unpaired) electrons. The largest absolute Gasteiger partial charge is 0.393 e. The maximum absolute atomic E-state index is 9.74. The zero-order valence-corrected chi connectivity index (χ0v) is 11.5. The van der Waals surface area contributed by atoms with Gasteiger partial charge in [-0.15, -0.1) is 0 Å². The van der Waals surface area contributed by atoms with Crippen LogP contribution in [0.4, 0.5) is 0 Å². The van der Waals surface area contributed by atoms with Crippen molar-refractivity contribution in [3.63, 3.8) is 0 Å². The molecule has 18 heavy (non-hydrogen) atoms. The summed E-state index contributed by atoms with van der Waals surface area (Å²) in [7, 11) is 0. The van der Waals surface area contributed by atoms with E-state index in [9.17, 15) is 5.11 Å². The summed E-state index contributed by atoms with van der Waals surface area (Å²) in [6, 6.07) is 0. The highest BCUT2D eigenvalue weighted by atomic mass is 16.5. The molecule has 3 heteroatoms. The van der Waals surface area contributed by atoms with Gasteiger partial charge in [0.2, 0.25) is 0 Å². The first-order chi connectivity index (χ1) is 8.43. The van der Waals surface area contributed by atoms with E-state index in [4.69, 9.17) is 10.2 Å². The maximum atomic E-state index is 9.74. The van der Waals surface area contributed by atoms with Crippen LogP contribution in [0.1, 0.15) is 52.4 Å². The first-order valence-corrected chi connectivity index (χ1v) is 7.18. The molecular weight excluding hydrogens is 228 g/mol. The number of aliphatic hydroxyl groups excluding tert-OH is 2. The van der Waals surface area contributed by atoms with Crippen LogP contribution in [0.5, 0.6) is 0 Å². The summed E-state index contributed by atoms with van der Waals surface area (Å²) in [6.07, 6.45) is 6.40. The van der Waals surface area contributed by atoms with Crippen LogP contribution >= 0.6 is 0 Å². The molecule has 0 aromatic heterocycles. The van der Waals surface area contributed by atoms with Crippen molar-refractivity contribution in [2.24, 2.45) is 17.3 Å². The Bertz CT molecular complexity index is 324. The van der Waals surface area contributed by atoms with E-state index in [1.165, 1.54) is 5.57 Å². The molecule has 0 heterocycles. The normalized spacial score (nSPS) is 36.9. The summed E-state index contributed by atoms with van der Waals surface area (Å²) in [4.78, 5) is 0. The van der Waals surface area contributed by atoms with Gasteiger partial charge >= 0.3 is 0 Å². The molecule has 3 N–H and O–H groups in total. The average molecular weight is 254 g/mol. The van der Waals surface area contributed by atoms with Crippen molar-refractivity contribution < 1.29 is 15.3 Å². The van der Waals surface area contributed by atoms with Gasteiger partial charge in [0.1, 0.15) is 0 Å². The Kier molecular flexibility index (Phi) is 4.15. The quantitative estimate of drug-likeness (QED) is 0.521. The van der Waals surface area contributed by atoms with E-state index in [0.29, 0.717) is 18.3 Å². The van der Waals surface area contributed by atoms with Crippen LogP contribution in [0, 0.1) is 17.3 Å². The lowest BCUT2D eigenvalue weighted by molar-refractivity contribution is -0.0562. The summed E-state index contributed by atoms with van der Waals surface area (Å²) in [5, 5.41) is 27.9. The molecule has 4 unspecified atom stereocenters. The molecule has 0 spiro atoms. The lowest BCUT2D eigenvalue weighted by Gasteiger charge is -2.24. The number of rotatable bonds is 5. The van der Waals surface area contributed by atoms with Crippen LogP contribution in [0.15, 0.2) is 11.6 Å². The molecule has 2 aliphatic rings. The minimum atomic E-state index is -1.17. The molecule has 1 fully saturated rings. The topological polar surface area (TPSA) is 60.7 Å². The number of allylic oxidation sites excluding steroid dienone is 2. The van der Waals surface area contributed by atoms with Crippen LogP contribution in [-0.4, -0.2) is 27.7 Å². The van der Waals surface area contributed by atoms with Crippen LogP contribution in [0.2, 0.25) is 0 Å². The van der Waals surface area contributed by atoms with Gasteiger partial charge in [0.05, 0.1) is 6.10 Å². The molecule has 1 saturated carbocycles. The average Bonchev–Trinajstić information content (AvgIpc) is 2.67. The summed E-state index contributed by atoms with van der Waals surface area (Å²) >= 11 is 0. The second kappa shape index (κ2) is 5.32. The van der Waals surface area contributed by atoms with Gasteiger partial charge in [0.15, 0.2) is 6.29 Å². The summed E-state index contributed by atoms with van der Waals surface area (Å²) in [5.41, 5.74) is 1.74. The predicted molar refractivity (Wildman–Crippen MR) is 70.8 cm³/mol. The lowest BCUT2D eigenvalue weighted by atomic mass is 9.81. The Labute approximate surface area is 110 Å². The van der Waals surface area contributed by atoms with Gasteiger partial charge in [-0.2, -0.15) is 0 Å². The fraction of sp³-hybridized carbons (Fsp3) is 0.867. The molecule has 0 amide bonds. The fourth-order valence-corrected chi connectivity index (χ4v) is 3.94. The SMILES string of the molecule is CCC(O)CC1C=C2CC(CC(O)O)CC2(C)C1. The zero-order chi connectivity index (χ0) is 13.3. The highest BCUT2D eigenvalue weighted by molar-refractivity contribution is 5.26. The Morgan fingerprint density at radius 2 is 2.00 bits per heavy atom. The van der Waals surface area contributed by atoms with Crippen LogP contribution in [0.3, 0.4) is 0 Å². The predicted octanol–water partition coefficient (Wildman–Crippen LogP) is 2.21. The number of hydrogen-bond acceptors (Lipinski definition) is 3. The summed E-state index contributed by atoms with van der Waals surface area (Å²) in [6.45, 7) is 4.31. The van der Waals surface area contributed by atoms with Gasteiger partial charge in [-0.1, -0.05) is 25.5 Å². The summed E-state index contributed by atoms with van der Waals surface area (Å²) < 4.78 is 0. The number of hydrogen-bond donors (Lipinski definition) is 3. The van der Waals surface area contributed by atoms with Crippen molar-refractivity contribution >= 4 is 0 Å². The van der Waals surface area contributed by atoms with Gasteiger partial charge in [0.25, 0.3) is 0 Å². The van der Waals surface area contributed by atoms with Gasteiger partial charge in [-0.3, -0.25) is 0 Å². The molecule has 0 aromatic rings. The number of aliphatic hydroxyl groups is 3. The van der Waals surface area contributed by atoms with Crippen LogP contribution in [-0.2, 0) is 0 Å². The van der Waals surface area contributed by atoms with Crippen molar-refractivity contribution in [3.8, 4) is 0 Å². The highest BCUT2D eigenvalue weighted by Crippen LogP contribution is 2.56. The Balaban J connectivity index is 1.95. The van der Waals surface area contributed by atoms with Gasteiger partial charge in [-0.25, -0.2) is 0 Å². The first-order valence-electron chi connectivity index (χ1n) is 7.18. The minimum absolute atomic E-state index is 0.177. The monoisotopic (exact) mass is 254 g/mol. The van der Waals surface area contributed by atoms with Crippen molar-refractivity contribution in [1.82, 2.24) is 0 Å². The van der Waals surface area contributed by atoms with Crippen molar-refractivity contribution in [1.29, 1.82) is 0 Å². The van der Waals surface area contributed by atoms with E-state index < -0.39 is 6.29 Å². The van der Waals surface area contributed by atoms with E-state index in [1.807, 2.05) is 6.92 Å². The smallest absolute Gasteiger partial charge is 0.151 e. The third kappa shape index (κ3) is 2.95. The van der Waals surface area contributed by atoms with Crippen molar-refractivity contribution in [2.45, 2.75) is 64.8 Å². The Morgan fingerprint density at radius 1 is 1.28 bits per heavy atom. The van der Waals surface area contributed by atoms with Gasteiger partial charge in [-0.05, 0) is 49.4 Å². The minimum Gasteiger partial charge on any atom is -0.393 e. The molecule has 3 nitrogen and oxygen atoms in total. The molecule has 0 aromatic carbocycles. The van der Waals surface area contributed by atoms with Gasteiger partial charge in [0, 0.05) is 6.42 Å². The van der Waals surface area contributed by atoms with Crippen molar-refractivity contribution in [3.05, 3.63) is 11.6 Å². The highest BCUT2D eigenvalue weighted by Gasteiger charge is 2.44. The van der Waals surface area contributed by atoms with E-state index in [2.05, 4.69) is 13.0 Å². The molecular formula is C15H26O3. The van der Waals surface area contributed by atoms with E-state index >= 15 is 0 Å². The maximum Gasteiger partial charge on any atom is 0.151 e. The molecule has 0 aliphatic heterocycles. The third-order valence-corrected chi connectivity index (χ3v) is 4.76. The zero-order valence-electron chi connectivity index (χ0n) is 11.5. The third-order valence-electron chi connectivity index (χ3n) is 4.76. The second-order valence-corrected chi connectivity index (χ2v) is 6.51. The Morgan fingerprint density at radius 3 is 2.56 bits per heavy atom. The molecule has 0 saturated heterocycles. The molecule has 2 aliphatic carbocycles. The summed E-state index contributed by atoms with van der Waals surface area (Å²) in [5.74, 6) is 0.929. The second-order valence-electron chi connectivity index (χ2n) is 6.51.